The van der Waals surface area contributed by atoms with Crippen LogP contribution in [-0.2, 0) is 14.8 Å². The third-order valence-electron chi connectivity index (χ3n) is 2.23. The summed E-state index contributed by atoms with van der Waals surface area (Å²) in [4.78, 5) is 20.6. The number of nitrogens with two attached hydrogens (primary N) is 1. The van der Waals surface area contributed by atoms with Gasteiger partial charge in [-0.05, 0) is 25.1 Å². The highest BCUT2D eigenvalue weighted by Gasteiger charge is 2.24. The van der Waals surface area contributed by atoms with Gasteiger partial charge < -0.3 is 10.8 Å². The van der Waals surface area contributed by atoms with Crippen LogP contribution in [0.25, 0.3) is 0 Å². The van der Waals surface area contributed by atoms with Crippen LogP contribution in [-0.4, -0.2) is 31.4 Å². The lowest BCUT2D eigenvalue weighted by atomic mass is 10.2. The van der Waals surface area contributed by atoms with Gasteiger partial charge in [0.1, 0.15) is 10.7 Å². The second-order valence-electron chi connectivity index (χ2n) is 3.70. The number of carbonyl (C=O) groups excluding carboxylic acids is 1. The fourth-order valence-corrected chi connectivity index (χ4v) is 2.51. The van der Waals surface area contributed by atoms with Gasteiger partial charge in [-0.3, -0.25) is 4.79 Å². The Morgan fingerprint density at radius 2 is 2.00 bits per heavy atom. The predicted molar refractivity (Wildman–Crippen MR) is 62.3 cm³/mol. The maximum absolute atomic E-state index is 13.5. The molecule has 9 heteroatoms. The number of primary amides is 1. The number of sulfonamides is 1. The molecule has 1 aromatic carbocycles. The van der Waals surface area contributed by atoms with Crippen LogP contribution < -0.4 is 10.5 Å². The highest BCUT2D eigenvalue weighted by molar-refractivity contribution is 7.89. The van der Waals surface area contributed by atoms with E-state index in [-0.39, 0.29) is 0 Å². The summed E-state index contributed by atoms with van der Waals surface area (Å²) in [5.41, 5.74) is 4.49. The monoisotopic (exact) mass is 290 g/mol. The van der Waals surface area contributed by atoms with Gasteiger partial charge in [0.2, 0.25) is 15.9 Å². The first kappa shape index (κ1) is 15.1. The average molecular weight is 290 g/mol. The average Bonchev–Trinajstić information content (AvgIpc) is 2.28. The zero-order chi connectivity index (χ0) is 14.8. The molecule has 1 aromatic rings. The Balaban J connectivity index is 3.24. The zero-order valence-electron chi connectivity index (χ0n) is 9.75. The zero-order valence-corrected chi connectivity index (χ0v) is 10.6. The van der Waals surface area contributed by atoms with Gasteiger partial charge in [-0.2, -0.15) is 4.72 Å². The molecule has 0 spiro atoms. The third-order valence-corrected chi connectivity index (χ3v) is 3.78. The molecule has 0 fully saturated rings. The molecule has 0 radical (unpaired) electrons. The molecule has 1 unspecified atom stereocenters. The maximum atomic E-state index is 13.5. The first-order valence-corrected chi connectivity index (χ1v) is 6.48. The summed E-state index contributed by atoms with van der Waals surface area (Å²) in [7, 11) is -4.38. The molecule has 0 aromatic heterocycles. The van der Waals surface area contributed by atoms with Crippen molar-refractivity contribution in [1.82, 2.24) is 4.72 Å². The van der Waals surface area contributed by atoms with E-state index in [9.17, 15) is 22.4 Å². The van der Waals surface area contributed by atoms with Crippen molar-refractivity contribution < 1.29 is 27.5 Å². The molecule has 0 bridgehead atoms. The van der Waals surface area contributed by atoms with Crippen LogP contribution in [0.4, 0.5) is 4.39 Å². The van der Waals surface area contributed by atoms with E-state index >= 15 is 0 Å². The van der Waals surface area contributed by atoms with Crippen LogP contribution in [0.1, 0.15) is 17.3 Å². The molecular formula is C10H11FN2O5S. The summed E-state index contributed by atoms with van der Waals surface area (Å²) in [6.07, 6.45) is 0. The molecule has 104 valence electrons. The molecule has 0 aliphatic carbocycles. The Morgan fingerprint density at radius 3 is 2.47 bits per heavy atom. The minimum Gasteiger partial charge on any atom is -0.478 e. The minimum absolute atomic E-state index is 0.395. The van der Waals surface area contributed by atoms with Crippen molar-refractivity contribution in [3.05, 3.63) is 29.6 Å². The number of halogens is 1. The Bertz CT molecular complexity index is 629. The lowest BCUT2D eigenvalue weighted by Gasteiger charge is -2.11. The fraction of sp³-hybridized carbons (Fsp3) is 0.200. The topological polar surface area (TPSA) is 127 Å². The second kappa shape index (κ2) is 5.33. The quantitative estimate of drug-likeness (QED) is 0.684. The van der Waals surface area contributed by atoms with Crippen LogP contribution in [0.5, 0.6) is 0 Å². The van der Waals surface area contributed by atoms with E-state index in [1.807, 2.05) is 4.72 Å². The minimum atomic E-state index is -4.38. The number of hydrogen-bond acceptors (Lipinski definition) is 4. The SMILES string of the molecule is CC(NS(=O)(=O)c1cc(C(=O)O)ccc1F)C(N)=O. The van der Waals surface area contributed by atoms with Crippen molar-refractivity contribution in [2.75, 3.05) is 0 Å². The Hall–Kier alpha value is -2.00. The van der Waals surface area contributed by atoms with Crippen molar-refractivity contribution in [3.63, 3.8) is 0 Å². The van der Waals surface area contributed by atoms with Crippen LogP contribution >= 0.6 is 0 Å². The van der Waals surface area contributed by atoms with Crippen molar-refractivity contribution in [3.8, 4) is 0 Å². The highest BCUT2D eigenvalue weighted by Crippen LogP contribution is 2.16. The molecule has 0 aliphatic heterocycles. The number of nitrogens with one attached hydrogen (secondary N) is 1. The number of amides is 1. The number of benzene rings is 1. The summed E-state index contributed by atoms with van der Waals surface area (Å²) in [5, 5.41) is 8.72. The van der Waals surface area contributed by atoms with Gasteiger partial charge in [-0.15, -0.1) is 0 Å². The third kappa shape index (κ3) is 3.48. The number of carboxylic acids is 1. The van der Waals surface area contributed by atoms with E-state index in [2.05, 4.69) is 0 Å². The molecule has 0 saturated heterocycles. The molecular weight excluding hydrogens is 279 g/mol. The summed E-state index contributed by atoms with van der Waals surface area (Å²) in [6.45, 7) is 1.18. The molecule has 0 saturated carbocycles. The van der Waals surface area contributed by atoms with Crippen molar-refractivity contribution >= 4 is 21.9 Å². The van der Waals surface area contributed by atoms with Gasteiger partial charge in [0, 0.05) is 0 Å². The van der Waals surface area contributed by atoms with E-state index in [1.54, 1.807) is 0 Å². The molecule has 19 heavy (non-hydrogen) atoms. The van der Waals surface area contributed by atoms with Crippen LogP contribution in [0.3, 0.4) is 0 Å². The van der Waals surface area contributed by atoms with Crippen molar-refractivity contribution in [1.29, 1.82) is 0 Å². The maximum Gasteiger partial charge on any atom is 0.335 e. The van der Waals surface area contributed by atoms with E-state index in [0.29, 0.717) is 12.1 Å². The van der Waals surface area contributed by atoms with Crippen LogP contribution in [0, 0.1) is 5.82 Å². The van der Waals surface area contributed by atoms with Gasteiger partial charge >= 0.3 is 5.97 Å². The Labute approximate surface area is 108 Å². The van der Waals surface area contributed by atoms with Gasteiger partial charge in [-0.25, -0.2) is 17.6 Å². The molecule has 0 heterocycles. The molecule has 1 atom stereocenters. The molecule has 4 N–H and O–H groups in total. The predicted octanol–water partition coefficient (Wildman–Crippen LogP) is -0.324. The highest BCUT2D eigenvalue weighted by atomic mass is 32.2. The van der Waals surface area contributed by atoms with Crippen molar-refractivity contribution in [2.24, 2.45) is 5.73 Å². The normalized spacial score (nSPS) is 12.9. The van der Waals surface area contributed by atoms with Gasteiger partial charge in [0.25, 0.3) is 0 Å². The number of carbonyl (C=O) groups is 2. The molecule has 0 aliphatic rings. The van der Waals surface area contributed by atoms with Crippen LogP contribution in [0.15, 0.2) is 23.1 Å². The van der Waals surface area contributed by atoms with Gasteiger partial charge in [0.05, 0.1) is 11.6 Å². The fourth-order valence-electron chi connectivity index (χ4n) is 1.20. The Morgan fingerprint density at radius 1 is 1.42 bits per heavy atom. The number of hydrogen-bond donors (Lipinski definition) is 3. The standard InChI is InChI=1S/C10H11FN2O5S/c1-5(9(12)14)13-19(17,18)8-4-6(10(15)16)2-3-7(8)11/h2-5,13H,1H3,(H2,12,14)(H,15,16). The Kier molecular flexibility index (Phi) is 4.22. The van der Waals surface area contributed by atoms with E-state index < -0.39 is 44.2 Å². The number of carboxylic acid groups (broad SMARTS) is 1. The summed E-state index contributed by atoms with van der Waals surface area (Å²) in [6, 6.07) is 1.05. The molecule has 1 amide bonds. The summed E-state index contributed by atoms with van der Waals surface area (Å²) in [5.74, 6) is -3.48. The van der Waals surface area contributed by atoms with E-state index in [0.717, 1.165) is 6.07 Å². The van der Waals surface area contributed by atoms with Crippen LogP contribution in [0.2, 0.25) is 0 Å². The first-order valence-electron chi connectivity index (χ1n) is 4.99. The summed E-state index contributed by atoms with van der Waals surface area (Å²) >= 11 is 0. The molecule has 1 rings (SSSR count). The van der Waals surface area contributed by atoms with Crippen molar-refractivity contribution in [2.45, 2.75) is 17.9 Å². The first-order chi connectivity index (χ1) is 8.65. The number of rotatable bonds is 5. The summed E-state index contributed by atoms with van der Waals surface area (Å²) < 4.78 is 38.9. The number of aromatic carboxylic acids is 1. The smallest absolute Gasteiger partial charge is 0.335 e. The van der Waals surface area contributed by atoms with Gasteiger partial charge in [0.15, 0.2) is 0 Å². The van der Waals surface area contributed by atoms with E-state index in [4.69, 9.17) is 10.8 Å². The second-order valence-corrected chi connectivity index (χ2v) is 5.38. The van der Waals surface area contributed by atoms with Gasteiger partial charge in [-0.1, -0.05) is 0 Å². The lowest BCUT2D eigenvalue weighted by Crippen LogP contribution is -2.42. The lowest BCUT2D eigenvalue weighted by molar-refractivity contribution is -0.119. The van der Waals surface area contributed by atoms with E-state index in [1.165, 1.54) is 6.92 Å². The largest absolute Gasteiger partial charge is 0.478 e. The molecule has 7 nitrogen and oxygen atoms in total.